The van der Waals surface area contributed by atoms with Crippen molar-refractivity contribution >= 4 is 35.0 Å². The molecule has 0 saturated heterocycles. The van der Waals surface area contributed by atoms with Crippen LogP contribution in [0, 0.1) is 10.1 Å². The molecule has 0 spiro atoms. The second-order valence-corrected chi connectivity index (χ2v) is 7.07. The third-order valence-corrected chi connectivity index (χ3v) is 4.76. The molecule has 0 unspecified atom stereocenters. The topological polar surface area (TPSA) is 98.5 Å². The fourth-order valence-corrected chi connectivity index (χ4v) is 3.10. The van der Waals surface area contributed by atoms with Crippen LogP contribution in [0.1, 0.15) is 18.1 Å². The predicted molar refractivity (Wildman–Crippen MR) is 105 cm³/mol. The maximum Gasteiger partial charge on any atom is 0.418 e. The van der Waals surface area contributed by atoms with Crippen molar-refractivity contribution in [2.24, 2.45) is 0 Å². The van der Waals surface area contributed by atoms with Gasteiger partial charge < -0.3 is 10.1 Å². The lowest BCUT2D eigenvalue weighted by atomic mass is 10.1. The van der Waals surface area contributed by atoms with Crippen LogP contribution in [0.4, 0.5) is 24.5 Å². The summed E-state index contributed by atoms with van der Waals surface area (Å²) in [5, 5.41) is 12.7. The lowest BCUT2D eigenvalue weighted by Gasteiger charge is -2.16. The number of non-ortho nitro benzene ring substituents is 1. The number of anilines is 1. The minimum absolute atomic E-state index is 0.0438. The standard InChI is InChI=1S/C19H17F3N2O5S/c1-12(29-17(25)11-30-10-13-5-3-2-4-6-13)18(26)23-16-8-7-14(24(27)28)9-15(16)19(20,21)22/h2-9,12H,10-11H2,1H3,(H,23,26)/t12-/m0/s1. The number of halogens is 3. The minimum atomic E-state index is -4.93. The number of hydrogen-bond acceptors (Lipinski definition) is 6. The van der Waals surface area contributed by atoms with Gasteiger partial charge in [0.05, 0.1) is 21.9 Å². The van der Waals surface area contributed by atoms with E-state index in [1.54, 1.807) is 0 Å². The first-order valence-electron chi connectivity index (χ1n) is 8.55. The van der Waals surface area contributed by atoms with Crippen LogP contribution in [0.2, 0.25) is 0 Å². The highest BCUT2D eigenvalue weighted by Crippen LogP contribution is 2.37. The zero-order valence-corrected chi connectivity index (χ0v) is 16.5. The van der Waals surface area contributed by atoms with Crippen LogP contribution in [-0.4, -0.2) is 28.7 Å². The fourth-order valence-electron chi connectivity index (χ4n) is 2.33. The largest absolute Gasteiger partial charge is 0.452 e. The molecule has 0 aliphatic rings. The zero-order chi connectivity index (χ0) is 22.3. The van der Waals surface area contributed by atoms with Gasteiger partial charge in [-0.25, -0.2) is 0 Å². The van der Waals surface area contributed by atoms with Gasteiger partial charge in [-0.1, -0.05) is 30.3 Å². The van der Waals surface area contributed by atoms with Gasteiger partial charge in [0.25, 0.3) is 11.6 Å². The molecule has 2 aromatic rings. The van der Waals surface area contributed by atoms with Crippen molar-refractivity contribution in [2.75, 3.05) is 11.1 Å². The number of hydrogen-bond donors (Lipinski definition) is 1. The molecular formula is C19H17F3N2O5S. The summed E-state index contributed by atoms with van der Waals surface area (Å²) in [5.41, 5.74) is -1.81. The molecule has 1 atom stereocenters. The average Bonchev–Trinajstić information content (AvgIpc) is 2.68. The van der Waals surface area contributed by atoms with Crippen molar-refractivity contribution in [1.29, 1.82) is 0 Å². The highest BCUT2D eigenvalue weighted by Gasteiger charge is 2.36. The molecule has 1 N–H and O–H groups in total. The molecule has 0 aliphatic heterocycles. The first kappa shape index (κ1) is 23.2. The molecule has 1 amide bonds. The number of nitro benzene ring substituents is 1. The van der Waals surface area contributed by atoms with Gasteiger partial charge in [-0.05, 0) is 18.6 Å². The second kappa shape index (κ2) is 10.1. The zero-order valence-electron chi connectivity index (χ0n) is 15.6. The summed E-state index contributed by atoms with van der Waals surface area (Å²) in [6.45, 7) is 1.22. The summed E-state index contributed by atoms with van der Waals surface area (Å²) in [5.74, 6) is -1.18. The molecule has 11 heteroatoms. The number of carbonyl (C=O) groups excluding carboxylic acids is 2. The molecule has 0 aliphatic carbocycles. The van der Waals surface area contributed by atoms with Gasteiger partial charge in [0.2, 0.25) is 0 Å². The molecule has 7 nitrogen and oxygen atoms in total. The molecule has 0 fully saturated rings. The Morgan fingerprint density at radius 2 is 1.87 bits per heavy atom. The first-order chi connectivity index (χ1) is 14.1. The van der Waals surface area contributed by atoms with E-state index in [9.17, 15) is 32.9 Å². The summed E-state index contributed by atoms with van der Waals surface area (Å²) in [4.78, 5) is 33.8. The Kier molecular flexibility index (Phi) is 7.81. The van der Waals surface area contributed by atoms with Crippen molar-refractivity contribution in [2.45, 2.75) is 25.0 Å². The summed E-state index contributed by atoms with van der Waals surface area (Å²) < 4.78 is 44.5. The molecule has 0 aromatic heterocycles. The SMILES string of the molecule is C[C@H](OC(=O)CSCc1ccccc1)C(=O)Nc1ccc([N+](=O)[O-])cc1C(F)(F)F. The van der Waals surface area contributed by atoms with Crippen molar-refractivity contribution in [3.63, 3.8) is 0 Å². The number of thioether (sulfide) groups is 1. The van der Waals surface area contributed by atoms with Crippen molar-refractivity contribution < 1.29 is 32.4 Å². The molecule has 160 valence electrons. The maximum atomic E-state index is 13.2. The number of rotatable bonds is 8. The van der Waals surface area contributed by atoms with Gasteiger partial charge in [0.1, 0.15) is 0 Å². The van der Waals surface area contributed by atoms with Gasteiger partial charge >= 0.3 is 12.1 Å². The number of ether oxygens (including phenoxy) is 1. The van der Waals surface area contributed by atoms with E-state index in [1.807, 2.05) is 35.6 Å². The van der Waals surface area contributed by atoms with E-state index in [0.29, 0.717) is 11.8 Å². The number of carbonyl (C=O) groups is 2. The summed E-state index contributed by atoms with van der Waals surface area (Å²) in [6.07, 6.45) is -6.28. The van der Waals surface area contributed by atoms with Crippen LogP contribution in [0.15, 0.2) is 48.5 Å². The predicted octanol–water partition coefficient (Wildman–Crippen LogP) is 4.42. The van der Waals surface area contributed by atoms with Crippen molar-refractivity contribution in [1.82, 2.24) is 0 Å². The van der Waals surface area contributed by atoms with Crippen molar-refractivity contribution in [3.05, 3.63) is 69.8 Å². The maximum absolute atomic E-state index is 13.2. The lowest BCUT2D eigenvalue weighted by Crippen LogP contribution is -2.31. The number of esters is 1. The summed E-state index contributed by atoms with van der Waals surface area (Å²) >= 11 is 1.26. The van der Waals surface area contributed by atoms with Crippen LogP contribution < -0.4 is 5.32 Å². The van der Waals surface area contributed by atoms with Crippen LogP contribution in [0.5, 0.6) is 0 Å². The Labute approximate surface area is 173 Å². The molecular weight excluding hydrogens is 425 g/mol. The number of nitro groups is 1. The van der Waals surface area contributed by atoms with E-state index in [-0.39, 0.29) is 5.75 Å². The lowest BCUT2D eigenvalue weighted by molar-refractivity contribution is -0.385. The smallest absolute Gasteiger partial charge is 0.418 e. The number of amides is 1. The number of nitrogens with one attached hydrogen (secondary N) is 1. The van der Waals surface area contributed by atoms with E-state index in [4.69, 9.17) is 4.74 Å². The Hall–Kier alpha value is -3.08. The van der Waals surface area contributed by atoms with Crippen LogP contribution in [0.25, 0.3) is 0 Å². The van der Waals surface area contributed by atoms with Crippen LogP contribution in [0.3, 0.4) is 0 Å². The van der Waals surface area contributed by atoms with E-state index < -0.39 is 46.0 Å². The Morgan fingerprint density at radius 1 is 1.20 bits per heavy atom. The van der Waals surface area contributed by atoms with Gasteiger partial charge in [0, 0.05) is 17.9 Å². The van der Waals surface area contributed by atoms with Gasteiger partial charge in [0.15, 0.2) is 6.10 Å². The highest BCUT2D eigenvalue weighted by atomic mass is 32.2. The number of nitrogens with zero attached hydrogens (tertiary/aromatic N) is 1. The molecule has 2 aromatic carbocycles. The Bertz CT molecular complexity index is 922. The van der Waals surface area contributed by atoms with E-state index >= 15 is 0 Å². The average molecular weight is 442 g/mol. The minimum Gasteiger partial charge on any atom is -0.452 e. The van der Waals surface area contributed by atoms with Gasteiger partial charge in [-0.3, -0.25) is 19.7 Å². The quantitative estimate of drug-likeness (QED) is 0.369. The summed E-state index contributed by atoms with van der Waals surface area (Å²) in [7, 11) is 0. The molecule has 0 saturated carbocycles. The number of alkyl halides is 3. The monoisotopic (exact) mass is 442 g/mol. The third-order valence-electron chi connectivity index (χ3n) is 3.79. The summed E-state index contributed by atoms with van der Waals surface area (Å²) in [6, 6.07) is 11.3. The molecule has 0 radical (unpaired) electrons. The molecule has 0 heterocycles. The highest BCUT2D eigenvalue weighted by molar-refractivity contribution is 7.99. The van der Waals surface area contributed by atoms with E-state index in [1.165, 1.54) is 18.7 Å². The molecule has 2 rings (SSSR count). The van der Waals surface area contributed by atoms with Crippen LogP contribution in [-0.2, 0) is 26.3 Å². The molecule has 30 heavy (non-hydrogen) atoms. The Balaban J connectivity index is 1.95. The normalized spacial score (nSPS) is 12.1. The number of benzene rings is 2. The third kappa shape index (κ3) is 6.76. The van der Waals surface area contributed by atoms with Gasteiger partial charge in [-0.2, -0.15) is 13.2 Å². The first-order valence-corrected chi connectivity index (χ1v) is 9.71. The van der Waals surface area contributed by atoms with Gasteiger partial charge in [-0.15, -0.1) is 11.8 Å². The second-order valence-electron chi connectivity index (χ2n) is 6.08. The molecule has 0 bridgehead atoms. The fraction of sp³-hybridized carbons (Fsp3) is 0.263. The van der Waals surface area contributed by atoms with E-state index in [0.717, 1.165) is 17.7 Å². The van der Waals surface area contributed by atoms with E-state index in [2.05, 4.69) is 0 Å². The van der Waals surface area contributed by atoms with Crippen molar-refractivity contribution in [3.8, 4) is 0 Å². The van der Waals surface area contributed by atoms with Crippen LogP contribution >= 0.6 is 11.8 Å². The Morgan fingerprint density at radius 3 is 2.47 bits per heavy atom.